The van der Waals surface area contributed by atoms with Crippen molar-refractivity contribution in [3.8, 4) is 11.5 Å². The van der Waals surface area contributed by atoms with Gasteiger partial charge >= 0.3 is 6.18 Å². The highest BCUT2D eigenvalue weighted by Gasteiger charge is 2.33. The monoisotopic (exact) mass is 483 g/mol. The Hall–Kier alpha value is -2.84. The Morgan fingerprint density at radius 3 is 2.50 bits per heavy atom. The summed E-state index contributed by atoms with van der Waals surface area (Å²) in [5.74, 6) is -0.0136. The summed E-state index contributed by atoms with van der Waals surface area (Å²) in [6.45, 7) is 3.61. The maximum Gasteiger partial charge on any atom is 0.417 e. The summed E-state index contributed by atoms with van der Waals surface area (Å²) in [5.41, 5.74) is -0.205. The van der Waals surface area contributed by atoms with Gasteiger partial charge in [0.2, 0.25) is 17.7 Å². The molecule has 0 radical (unpaired) electrons. The van der Waals surface area contributed by atoms with Gasteiger partial charge in [0, 0.05) is 12.1 Å². The topological polar surface area (TPSA) is 59.2 Å². The molecule has 0 bridgehead atoms. The fraction of sp³-hybridized carbons (Fsp3) is 0.227. The normalized spacial score (nSPS) is 12.0. The van der Waals surface area contributed by atoms with Gasteiger partial charge in [-0.2, -0.15) is 13.2 Å². The van der Waals surface area contributed by atoms with E-state index in [-0.39, 0.29) is 29.9 Å². The second-order valence-electron chi connectivity index (χ2n) is 7.11. The molecular weight excluding hydrogens is 466 g/mol. The molecule has 0 saturated carbocycles. The maximum atomic E-state index is 13.0. The lowest BCUT2D eigenvalue weighted by atomic mass is 10.1. The Labute approximate surface area is 192 Å². The van der Waals surface area contributed by atoms with E-state index in [9.17, 15) is 18.0 Å². The summed E-state index contributed by atoms with van der Waals surface area (Å²) in [7, 11) is 0. The van der Waals surface area contributed by atoms with E-state index in [4.69, 9.17) is 27.6 Å². The van der Waals surface area contributed by atoms with E-state index in [1.54, 1.807) is 38.1 Å². The van der Waals surface area contributed by atoms with E-state index in [2.05, 4.69) is 10.2 Å². The van der Waals surface area contributed by atoms with Gasteiger partial charge < -0.3 is 9.32 Å². The molecule has 168 valence electrons. The molecule has 0 fully saturated rings. The number of benzene rings is 2. The van der Waals surface area contributed by atoms with Crippen molar-refractivity contribution in [2.45, 2.75) is 32.6 Å². The number of carbonyl (C=O) groups is 1. The molecule has 0 spiro atoms. The Balaban J connectivity index is 1.77. The number of nitrogens with zero attached hydrogens (tertiary/aromatic N) is 3. The van der Waals surface area contributed by atoms with Crippen LogP contribution in [0.1, 0.15) is 30.9 Å². The molecule has 0 unspecified atom stereocenters. The van der Waals surface area contributed by atoms with Crippen LogP contribution in [0.2, 0.25) is 10.0 Å². The first-order valence-corrected chi connectivity index (χ1v) is 10.2. The molecule has 3 aromatic rings. The van der Waals surface area contributed by atoms with Gasteiger partial charge in [0.25, 0.3) is 0 Å². The highest BCUT2D eigenvalue weighted by molar-refractivity contribution is 6.33. The molecule has 3 rings (SSSR count). The van der Waals surface area contributed by atoms with Crippen molar-refractivity contribution in [1.29, 1.82) is 0 Å². The summed E-state index contributed by atoms with van der Waals surface area (Å²) in [6.07, 6.45) is -2.10. The van der Waals surface area contributed by atoms with Crippen LogP contribution in [0.3, 0.4) is 0 Å². The van der Waals surface area contributed by atoms with E-state index in [0.29, 0.717) is 10.6 Å². The van der Waals surface area contributed by atoms with Crippen LogP contribution in [0.15, 0.2) is 53.0 Å². The third-order valence-electron chi connectivity index (χ3n) is 4.50. The lowest BCUT2D eigenvalue weighted by molar-refractivity contribution is -0.137. The number of alkyl halides is 3. The SMILES string of the molecule is CC(C)N(Cc1nnc(-c2ccccc2Cl)o1)C(=O)C=Cc1ccc(Cl)c(C(F)(F)F)c1. The number of amides is 1. The van der Waals surface area contributed by atoms with Crippen LogP contribution in [0.25, 0.3) is 17.5 Å². The van der Waals surface area contributed by atoms with Gasteiger partial charge in [-0.05, 0) is 49.8 Å². The van der Waals surface area contributed by atoms with E-state index >= 15 is 0 Å². The van der Waals surface area contributed by atoms with Gasteiger partial charge in [0.05, 0.1) is 27.7 Å². The molecule has 0 saturated heterocycles. The molecule has 32 heavy (non-hydrogen) atoms. The van der Waals surface area contributed by atoms with Crippen molar-refractivity contribution in [1.82, 2.24) is 15.1 Å². The Bertz CT molecular complexity index is 1140. The van der Waals surface area contributed by atoms with E-state index in [1.165, 1.54) is 23.1 Å². The Morgan fingerprint density at radius 2 is 1.84 bits per heavy atom. The van der Waals surface area contributed by atoms with Crippen molar-refractivity contribution in [2.75, 3.05) is 0 Å². The highest BCUT2D eigenvalue weighted by Crippen LogP contribution is 2.35. The maximum absolute atomic E-state index is 13.0. The number of halogens is 5. The Kier molecular flexibility index (Phi) is 7.26. The van der Waals surface area contributed by atoms with Gasteiger partial charge in [0.1, 0.15) is 0 Å². The molecule has 0 aliphatic heterocycles. The van der Waals surface area contributed by atoms with Gasteiger partial charge in [-0.15, -0.1) is 10.2 Å². The number of rotatable bonds is 6. The minimum absolute atomic E-state index is 0.0205. The van der Waals surface area contributed by atoms with Crippen molar-refractivity contribution in [3.05, 3.63) is 75.6 Å². The van der Waals surface area contributed by atoms with Gasteiger partial charge in [-0.1, -0.05) is 41.4 Å². The van der Waals surface area contributed by atoms with Crippen molar-refractivity contribution < 1.29 is 22.4 Å². The lowest BCUT2D eigenvalue weighted by Gasteiger charge is -2.23. The van der Waals surface area contributed by atoms with Crippen molar-refractivity contribution >= 4 is 35.2 Å². The molecule has 5 nitrogen and oxygen atoms in total. The van der Waals surface area contributed by atoms with Crippen LogP contribution in [-0.2, 0) is 17.5 Å². The largest absolute Gasteiger partial charge is 0.419 e. The average Bonchev–Trinajstić information content (AvgIpc) is 3.19. The van der Waals surface area contributed by atoms with Crippen LogP contribution in [0.5, 0.6) is 0 Å². The molecular formula is C22H18Cl2F3N3O2. The Morgan fingerprint density at radius 1 is 1.12 bits per heavy atom. The minimum atomic E-state index is -4.59. The number of hydrogen-bond acceptors (Lipinski definition) is 4. The van der Waals surface area contributed by atoms with Crippen LogP contribution < -0.4 is 0 Å². The fourth-order valence-corrected chi connectivity index (χ4v) is 3.29. The first-order valence-electron chi connectivity index (χ1n) is 9.49. The zero-order chi connectivity index (χ0) is 23.5. The first kappa shape index (κ1) is 23.8. The van der Waals surface area contributed by atoms with E-state index < -0.39 is 22.7 Å². The number of hydrogen-bond donors (Lipinski definition) is 0. The molecule has 0 aliphatic rings. The van der Waals surface area contributed by atoms with Crippen LogP contribution in [0.4, 0.5) is 13.2 Å². The average molecular weight is 484 g/mol. The zero-order valence-electron chi connectivity index (χ0n) is 17.0. The van der Waals surface area contributed by atoms with Crippen molar-refractivity contribution in [3.63, 3.8) is 0 Å². The molecule has 0 N–H and O–H groups in total. The predicted octanol–water partition coefficient (Wildman–Crippen LogP) is 6.51. The zero-order valence-corrected chi connectivity index (χ0v) is 18.5. The van der Waals surface area contributed by atoms with Crippen molar-refractivity contribution in [2.24, 2.45) is 0 Å². The summed E-state index contributed by atoms with van der Waals surface area (Å²) in [4.78, 5) is 14.2. The summed E-state index contributed by atoms with van der Waals surface area (Å²) in [6, 6.07) is 10.2. The molecule has 1 heterocycles. The first-order chi connectivity index (χ1) is 15.1. The second-order valence-corrected chi connectivity index (χ2v) is 7.93. The second kappa shape index (κ2) is 9.75. The lowest BCUT2D eigenvalue weighted by Crippen LogP contribution is -2.35. The van der Waals surface area contributed by atoms with E-state index in [1.807, 2.05) is 0 Å². The quantitative estimate of drug-likeness (QED) is 0.374. The molecule has 2 aromatic carbocycles. The highest BCUT2D eigenvalue weighted by atomic mass is 35.5. The van der Waals surface area contributed by atoms with Gasteiger partial charge in [-0.25, -0.2) is 0 Å². The van der Waals surface area contributed by atoms with Gasteiger partial charge in [-0.3, -0.25) is 4.79 Å². The molecule has 0 aliphatic carbocycles. The van der Waals surface area contributed by atoms with E-state index in [0.717, 1.165) is 12.1 Å². The molecule has 0 atom stereocenters. The fourth-order valence-electron chi connectivity index (χ4n) is 2.85. The van der Waals surface area contributed by atoms with Gasteiger partial charge in [0.15, 0.2) is 0 Å². The smallest absolute Gasteiger partial charge is 0.417 e. The summed E-state index contributed by atoms with van der Waals surface area (Å²) < 4.78 is 44.8. The number of carbonyl (C=O) groups excluding carboxylic acids is 1. The molecule has 1 amide bonds. The van der Waals surface area contributed by atoms with Crippen LogP contribution >= 0.6 is 23.2 Å². The minimum Gasteiger partial charge on any atom is -0.419 e. The predicted molar refractivity (Wildman–Crippen MR) is 116 cm³/mol. The third kappa shape index (κ3) is 5.69. The van der Waals surface area contributed by atoms with Crippen LogP contribution in [-0.4, -0.2) is 27.0 Å². The van der Waals surface area contributed by atoms with Crippen LogP contribution in [0, 0.1) is 0 Å². The summed E-state index contributed by atoms with van der Waals surface area (Å²) in [5, 5.41) is 7.99. The third-order valence-corrected chi connectivity index (χ3v) is 5.16. The molecule has 1 aromatic heterocycles. The summed E-state index contributed by atoms with van der Waals surface area (Å²) >= 11 is 11.8. The molecule has 10 heteroatoms. The standard InChI is InChI=1S/C22H18Cl2F3N3O2/c1-13(2)30(12-19-28-29-21(32-19)15-5-3-4-6-17(15)23)20(31)10-8-14-7-9-18(24)16(11-14)22(25,26)27/h3-11,13H,12H2,1-2H3. The number of aromatic nitrogens is 2.